The van der Waals surface area contributed by atoms with Gasteiger partial charge in [0.1, 0.15) is 5.69 Å². The second-order valence-electron chi connectivity index (χ2n) is 5.02. The van der Waals surface area contributed by atoms with Gasteiger partial charge in [-0.1, -0.05) is 5.21 Å². The van der Waals surface area contributed by atoms with Crippen molar-refractivity contribution in [3.05, 3.63) is 40.1 Å². The van der Waals surface area contributed by atoms with Crippen LogP contribution in [-0.2, 0) is 6.54 Å². The van der Waals surface area contributed by atoms with Gasteiger partial charge in [-0.25, -0.2) is 9.48 Å². The number of carboxylic acids is 1. The smallest absolute Gasteiger partial charge is 0.358 e. The van der Waals surface area contributed by atoms with Crippen molar-refractivity contribution in [2.45, 2.75) is 19.4 Å². The number of aromatic carboxylic acids is 1. The van der Waals surface area contributed by atoms with Crippen LogP contribution >= 0.6 is 0 Å². The van der Waals surface area contributed by atoms with Crippen molar-refractivity contribution in [1.82, 2.24) is 15.0 Å². The molecule has 0 radical (unpaired) electrons. The van der Waals surface area contributed by atoms with Gasteiger partial charge in [0.05, 0.1) is 4.92 Å². The van der Waals surface area contributed by atoms with E-state index in [2.05, 4.69) is 10.3 Å². The summed E-state index contributed by atoms with van der Waals surface area (Å²) in [5.41, 5.74) is 0.772. The summed E-state index contributed by atoms with van der Waals surface area (Å²) in [6.45, 7) is 0.618. The molecule has 8 heteroatoms. The number of benzene rings is 1. The molecule has 0 saturated heterocycles. The molecule has 1 fully saturated rings. The number of nitro benzene ring substituents is 1. The van der Waals surface area contributed by atoms with E-state index in [1.807, 2.05) is 0 Å². The van der Waals surface area contributed by atoms with E-state index in [-0.39, 0.29) is 11.4 Å². The molecule has 1 aromatic heterocycles. The first-order chi connectivity index (χ1) is 10.1. The molecule has 0 spiro atoms. The number of carbonyl (C=O) groups is 1. The summed E-state index contributed by atoms with van der Waals surface area (Å²) < 4.78 is 1.57. The SMILES string of the molecule is O=C(O)c1nnn(CC2CC2)c1-c1ccc([N+](=O)[O-])cc1. The lowest BCUT2D eigenvalue weighted by molar-refractivity contribution is -0.384. The van der Waals surface area contributed by atoms with Gasteiger partial charge < -0.3 is 5.11 Å². The van der Waals surface area contributed by atoms with Crippen molar-refractivity contribution in [2.75, 3.05) is 0 Å². The highest BCUT2D eigenvalue weighted by molar-refractivity contribution is 5.92. The van der Waals surface area contributed by atoms with Crippen molar-refractivity contribution in [2.24, 2.45) is 5.92 Å². The predicted octanol–water partition coefficient (Wildman–Crippen LogP) is 1.96. The van der Waals surface area contributed by atoms with E-state index >= 15 is 0 Å². The van der Waals surface area contributed by atoms with Crippen LogP contribution in [0.15, 0.2) is 24.3 Å². The topological polar surface area (TPSA) is 111 Å². The third-order valence-electron chi connectivity index (χ3n) is 3.42. The standard InChI is InChI=1S/C13H12N4O4/c18-13(19)11-12(16(15-14-11)7-8-1-2-8)9-3-5-10(6-4-9)17(20)21/h3-6,8H,1-2,7H2,(H,18,19). The molecule has 21 heavy (non-hydrogen) atoms. The van der Waals surface area contributed by atoms with Crippen molar-refractivity contribution in [1.29, 1.82) is 0 Å². The molecule has 1 N–H and O–H groups in total. The number of carboxylic acid groups (broad SMARTS) is 1. The van der Waals surface area contributed by atoms with Gasteiger partial charge in [-0.15, -0.1) is 5.10 Å². The van der Waals surface area contributed by atoms with E-state index in [1.54, 1.807) is 4.68 Å². The van der Waals surface area contributed by atoms with E-state index in [0.717, 1.165) is 12.8 Å². The van der Waals surface area contributed by atoms with Crippen LogP contribution in [0, 0.1) is 16.0 Å². The van der Waals surface area contributed by atoms with E-state index in [4.69, 9.17) is 0 Å². The normalized spacial score (nSPS) is 14.1. The summed E-state index contributed by atoms with van der Waals surface area (Å²) in [6.07, 6.45) is 2.20. The number of aromatic nitrogens is 3. The van der Waals surface area contributed by atoms with Gasteiger partial charge in [-0.3, -0.25) is 10.1 Å². The van der Waals surface area contributed by atoms with E-state index in [0.29, 0.717) is 23.7 Å². The summed E-state index contributed by atoms with van der Waals surface area (Å²) in [7, 11) is 0. The van der Waals surface area contributed by atoms with Gasteiger partial charge in [0.25, 0.3) is 5.69 Å². The van der Waals surface area contributed by atoms with Crippen LogP contribution in [0.1, 0.15) is 23.3 Å². The molecule has 1 heterocycles. The number of non-ortho nitro benzene ring substituents is 1. The van der Waals surface area contributed by atoms with Crippen molar-refractivity contribution >= 4 is 11.7 Å². The Labute approximate surface area is 119 Å². The zero-order chi connectivity index (χ0) is 15.0. The summed E-state index contributed by atoms with van der Waals surface area (Å²) in [5.74, 6) is -0.657. The van der Waals surface area contributed by atoms with Crippen LogP contribution in [0.5, 0.6) is 0 Å². The Bertz CT molecular complexity index is 703. The Morgan fingerprint density at radius 1 is 1.38 bits per heavy atom. The fourth-order valence-electron chi connectivity index (χ4n) is 2.16. The van der Waals surface area contributed by atoms with Crippen LogP contribution in [0.3, 0.4) is 0 Å². The van der Waals surface area contributed by atoms with Gasteiger partial charge in [0.2, 0.25) is 0 Å². The van der Waals surface area contributed by atoms with Crippen molar-refractivity contribution in [3.63, 3.8) is 0 Å². The number of hydrogen-bond donors (Lipinski definition) is 1. The maximum atomic E-state index is 11.3. The average Bonchev–Trinajstić information content (AvgIpc) is 3.16. The first-order valence-corrected chi connectivity index (χ1v) is 6.48. The quantitative estimate of drug-likeness (QED) is 0.665. The third kappa shape index (κ3) is 2.60. The maximum Gasteiger partial charge on any atom is 0.358 e. The molecular formula is C13H12N4O4. The van der Waals surface area contributed by atoms with Gasteiger partial charge in [-0.2, -0.15) is 0 Å². The summed E-state index contributed by atoms with van der Waals surface area (Å²) in [4.78, 5) is 21.4. The molecule has 8 nitrogen and oxygen atoms in total. The van der Waals surface area contributed by atoms with Crippen molar-refractivity contribution in [3.8, 4) is 11.3 Å². The lowest BCUT2D eigenvalue weighted by atomic mass is 10.1. The Hall–Kier alpha value is -2.77. The minimum Gasteiger partial charge on any atom is -0.476 e. The molecule has 0 unspecified atom stereocenters. The van der Waals surface area contributed by atoms with Gasteiger partial charge in [0, 0.05) is 24.2 Å². The zero-order valence-electron chi connectivity index (χ0n) is 11.0. The van der Waals surface area contributed by atoms with Crippen LogP contribution < -0.4 is 0 Å². The molecule has 0 amide bonds. The average molecular weight is 288 g/mol. The number of nitro groups is 1. The molecule has 1 aromatic carbocycles. The molecule has 3 rings (SSSR count). The van der Waals surface area contributed by atoms with E-state index in [9.17, 15) is 20.0 Å². The molecule has 1 aliphatic rings. The predicted molar refractivity (Wildman–Crippen MR) is 71.8 cm³/mol. The van der Waals surface area contributed by atoms with Crippen LogP contribution in [0.2, 0.25) is 0 Å². The zero-order valence-corrected chi connectivity index (χ0v) is 11.0. The van der Waals surface area contributed by atoms with Crippen LogP contribution in [0.4, 0.5) is 5.69 Å². The highest BCUT2D eigenvalue weighted by Gasteiger charge is 2.27. The molecular weight excluding hydrogens is 276 g/mol. The molecule has 1 saturated carbocycles. The number of nitrogens with zero attached hydrogens (tertiary/aromatic N) is 4. The lowest BCUT2D eigenvalue weighted by Gasteiger charge is -2.06. The fourth-order valence-corrected chi connectivity index (χ4v) is 2.16. The van der Waals surface area contributed by atoms with Gasteiger partial charge in [0.15, 0.2) is 5.69 Å². The highest BCUT2D eigenvalue weighted by Crippen LogP contribution is 2.33. The van der Waals surface area contributed by atoms with Crippen LogP contribution in [-0.4, -0.2) is 31.0 Å². The third-order valence-corrected chi connectivity index (χ3v) is 3.42. The number of rotatable bonds is 5. The Balaban J connectivity index is 2.03. The Morgan fingerprint density at radius 2 is 2.05 bits per heavy atom. The lowest BCUT2D eigenvalue weighted by Crippen LogP contribution is -2.06. The number of hydrogen-bond acceptors (Lipinski definition) is 5. The van der Waals surface area contributed by atoms with Gasteiger partial charge in [-0.05, 0) is 30.9 Å². The molecule has 108 valence electrons. The molecule has 0 aliphatic heterocycles. The second-order valence-corrected chi connectivity index (χ2v) is 5.02. The fraction of sp³-hybridized carbons (Fsp3) is 0.308. The Morgan fingerprint density at radius 3 is 2.57 bits per heavy atom. The minimum absolute atomic E-state index is 0.0446. The molecule has 1 aliphatic carbocycles. The summed E-state index contributed by atoms with van der Waals surface area (Å²) in [6, 6.07) is 5.73. The van der Waals surface area contributed by atoms with Crippen LogP contribution in [0.25, 0.3) is 11.3 Å². The maximum absolute atomic E-state index is 11.3. The summed E-state index contributed by atoms with van der Waals surface area (Å²) >= 11 is 0. The largest absolute Gasteiger partial charge is 0.476 e. The van der Waals surface area contributed by atoms with Gasteiger partial charge >= 0.3 is 5.97 Å². The van der Waals surface area contributed by atoms with E-state index < -0.39 is 10.9 Å². The first-order valence-electron chi connectivity index (χ1n) is 6.48. The Kier molecular flexibility index (Phi) is 3.13. The molecule has 2 aromatic rings. The molecule has 0 bridgehead atoms. The van der Waals surface area contributed by atoms with E-state index in [1.165, 1.54) is 24.3 Å². The molecule has 0 atom stereocenters. The second kappa shape index (κ2) is 4.97. The summed E-state index contributed by atoms with van der Waals surface area (Å²) in [5, 5.41) is 27.5. The monoisotopic (exact) mass is 288 g/mol. The first kappa shape index (κ1) is 13.2. The van der Waals surface area contributed by atoms with Crippen molar-refractivity contribution < 1.29 is 14.8 Å². The highest BCUT2D eigenvalue weighted by atomic mass is 16.6. The minimum atomic E-state index is -1.16.